The molecule has 2 aromatic carbocycles. The molecule has 0 bridgehead atoms. The van der Waals surface area contributed by atoms with Gasteiger partial charge in [0, 0.05) is 12.7 Å². The number of carbonyl (C=O) groups is 1. The van der Waals surface area contributed by atoms with Gasteiger partial charge in [0.25, 0.3) is 5.91 Å². The fraction of sp³-hybridized carbons (Fsp3) is 0.182. The molecule has 0 aliphatic heterocycles. The average molecular weight is 451 g/mol. The van der Waals surface area contributed by atoms with E-state index in [2.05, 4.69) is 40.8 Å². The van der Waals surface area contributed by atoms with E-state index in [9.17, 15) is 4.79 Å². The molecule has 0 aliphatic rings. The number of nitrogens with zero attached hydrogens (tertiary/aromatic N) is 4. The van der Waals surface area contributed by atoms with E-state index in [1.165, 1.54) is 6.20 Å². The van der Waals surface area contributed by atoms with Crippen molar-refractivity contribution in [3.05, 3.63) is 65.1 Å². The highest BCUT2D eigenvalue weighted by molar-refractivity contribution is 6.33. The molecule has 0 aliphatic carbocycles. The Morgan fingerprint density at radius 3 is 2.72 bits per heavy atom. The van der Waals surface area contributed by atoms with Gasteiger partial charge in [-0.3, -0.25) is 4.79 Å². The van der Waals surface area contributed by atoms with Crippen LogP contribution in [0.2, 0.25) is 5.02 Å². The number of halogens is 1. The molecule has 0 saturated heterocycles. The van der Waals surface area contributed by atoms with Crippen LogP contribution in [0.3, 0.4) is 0 Å². The van der Waals surface area contributed by atoms with Gasteiger partial charge in [-0.1, -0.05) is 23.7 Å². The summed E-state index contributed by atoms with van der Waals surface area (Å²) in [5.41, 5.74) is 3.68. The van der Waals surface area contributed by atoms with Gasteiger partial charge < -0.3 is 25.8 Å². The molecule has 0 unspecified atom stereocenters. The van der Waals surface area contributed by atoms with E-state index in [0.29, 0.717) is 28.0 Å². The maximum absolute atomic E-state index is 12.1. The molecule has 4 aromatic rings. The summed E-state index contributed by atoms with van der Waals surface area (Å²) in [5, 5.41) is 9.28. The van der Waals surface area contributed by atoms with Gasteiger partial charge in [0.15, 0.2) is 5.82 Å². The van der Waals surface area contributed by atoms with Gasteiger partial charge in [-0.15, -0.1) is 0 Å². The molecule has 9 nitrogen and oxygen atoms in total. The molecule has 4 rings (SSSR count). The summed E-state index contributed by atoms with van der Waals surface area (Å²) in [6, 6.07) is 12.9. The van der Waals surface area contributed by atoms with Gasteiger partial charge in [-0.05, 0) is 44.4 Å². The number of hydrogen-bond acceptors (Lipinski definition) is 7. The van der Waals surface area contributed by atoms with Crippen LogP contribution in [0.25, 0.3) is 11.0 Å². The maximum Gasteiger partial charge on any atom is 0.253 e. The molecule has 4 N–H and O–H groups in total. The predicted octanol–water partition coefficient (Wildman–Crippen LogP) is 3.91. The minimum absolute atomic E-state index is 0.210. The van der Waals surface area contributed by atoms with Crippen molar-refractivity contribution in [2.24, 2.45) is 0 Å². The Bertz CT molecular complexity index is 1270. The third-order valence-corrected chi connectivity index (χ3v) is 4.93. The number of benzene rings is 2. The van der Waals surface area contributed by atoms with E-state index in [-0.39, 0.29) is 5.91 Å². The van der Waals surface area contributed by atoms with Crippen LogP contribution in [0, 0.1) is 0 Å². The number of amides is 1. The van der Waals surface area contributed by atoms with Crippen molar-refractivity contribution in [3.63, 3.8) is 0 Å². The number of aromatic amines is 1. The van der Waals surface area contributed by atoms with Crippen LogP contribution in [0.4, 0.5) is 23.1 Å². The highest BCUT2D eigenvalue weighted by Crippen LogP contribution is 2.27. The highest BCUT2D eigenvalue weighted by Gasteiger charge is 2.13. The lowest BCUT2D eigenvalue weighted by Gasteiger charge is -2.13. The third-order valence-electron chi connectivity index (χ3n) is 4.65. The first kappa shape index (κ1) is 21.5. The van der Waals surface area contributed by atoms with Crippen LogP contribution in [0.15, 0.2) is 48.7 Å². The summed E-state index contributed by atoms with van der Waals surface area (Å²) in [6.45, 7) is 0.726. The van der Waals surface area contributed by atoms with Crippen LogP contribution in [0.5, 0.6) is 0 Å². The molecule has 0 radical (unpaired) electrons. The van der Waals surface area contributed by atoms with Gasteiger partial charge in [0.1, 0.15) is 10.8 Å². The summed E-state index contributed by atoms with van der Waals surface area (Å²) in [4.78, 5) is 30.9. The Hall–Kier alpha value is -3.69. The molecular weight excluding hydrogens is 428 g/mol. The van der Waals surface area contributed by atoms with E-state index in [4.69, 9.17) is 11.6 Å². The van der Waals surface area contributed by atoms with Crippen molar-refractivity contribution in [1.82, 2.24) is 30.2 Å². The Labute approximate surface area is 190 Å². The Morgan fingerprint density at radius 2 is 1.94 bits per heavy atom. The Balaban J connectivity index is 1.58. The second-order valence-electron chi connectivity index (χ2n) is 7.42. The number of imidazole rings is 1. The number of carbonyl (C=O) groups excluding carboxylic acids is 1. The smallest absolute Gasteiger partial charge is 0.253 e. The van der Waals surface area contributed by atoms with Crippen LogP contribution >= 0.6 is 11.6 Å². The number of nitrogens with one attached hydrogen (secondary N) is 4. The highest BCUT2D eigenvalue weighted by atomic mass is 35.5. The molecular formula is C22H23ClN8O. The molecule has 2 heterocycles. The maximum atomic E-state index is 12.1. The second-order valence-corrected chi connectivity index (χ2v) is 7.83. The zero-order valence-corrected chi connectivity index (χ0v) is 18.7. The summed E-state index contributed by atoms with van der Waals surface area (Å²) in [7, 11) is 5.58. The third kappa shape index (κ3) is 4.79. The SMILES string of the molecule is CNC(=O)c1ccccc1Nc1nc(Nc2ccc3nc(CN(C)C)[nH]c3c2)ncc1Cl. The monoisotopic (exact) mass is 450 g/mol. The van der Waals surface area contributed by atoms with Gasteiger partial charge >= 0.3 is 0 Å². The number of hydrogen-bond donors (Lipinski definition) is 4. The molecule has 0 saturated carbocycles. The molecule has 2 aromatic heterocycles. The van der Waals surface area contributed by atoms with E-state index < -0.39 is 0 Å². The number of rotatable bonds is 7. The Morgan fingerprint density at radius 1 is 1.12 bits per heavy atom. The molecule has 1 amide bonds. The molecule has 164 valence electrons. The molecule has 0 atom stereocenters. The minimum atomic E-state index is -0.210. The lowest BCUT2D eigenvalue weighted by atomic mass is 10.1. The summed E-state index contributed by atoms with van der Waals surface area (Å²) < 4.78 is 0. The fourth-order valence-electron chi connectivity index (χ4n) is 3.21. The van der Waals surface area contributed by atoms with Crippen molar-refractivity contribution < 1.29 is 4.79 Å². The zero-order chi connectivity index (χ0) is 22.7. The van der Waals surface area contributed by atoms with Crippen molar-refractivity contribution in [2.45, 2.75) is 6.54 Å². The second kappa shape index (κ2) is 9.21. The molecule has 0 spiro atoms. The standard InChI is InChI=1S/C22H23ClN8O/c1-24-21(32)14-6-4-5-7-16(14)29-20-15(23)11-25-22(30-20)26-13-8-9-17-18(10-13)28-19(27-17)12-31(2)3/h4-11H,12H2,1-3H3,(H,24,32)(H,27,28)(H2,25,26,29,30). The van der Waals surface area contributed by atoms with Crippen molar-refractivity contribution in [2.75, 3.05) is 31.8 Å². The van der Waals surface area contributed by atoms with E-state index in [0.717, 1.165) is 29.1 Å². The Kier molecular flexibility index (Phi) is 6.20. The van der Waals surface area contributed by atoms with Crippen molar-refractivity contribution in [3.8, 4) is 0 Å². The average Bonchev–Trinajstić information content (AvgIpc) is 3.16. The van der Waals surface area contributed by atoms with E-state index in [1.54, 1.807) is 25.2 Å². The van der Waals surface area contributed by atoms with Crippen LogP contribution < -0.4 is 16.0 Å². The van der Waals surface area contributed by atoms with Crippen LogP contribution in [-0.2, 0) is 6.54 Å². The normalized spacial score (nSPS) is 11.0. The molecule has 0 fully saturated rings. The first-order valence-electron chi connectivity index (χ1n) is 9.94. The summed E-state index contributed by atoms with van der Waals surface area (Å²) in [6.07, 6.45) is 1.51. The minimum Gasteiger partial charge on any atom is -0.355 e. The van der Waals surface area contributed by atoms with Crippen LogP contribution in [0.1, 0.15) is 16.2 Å². The van der Waals surface area contributed by atoms with Gasteiger partial charge in [-0.25, -0.2) is 9.97 Å². The number of para-hydroxylation sites is 1. The fourth-order valence-corrected chi connectivity index (χ4v) is 3.35. The summed E-state index contributed by atoms with van der Waals surface area (Å²) >= 11 is 6.30. The number of aromatic nitrogens is 4. The van der Waals surface area contributed by atoms with E-state index >= 15 is 0 Å². The first-order valence-corrected chi connectivity index (χ1v) is 10.3. The first-order chi connectivity index (χ1) is 15.4. The quantitative estimate of drug-likeness (QED) is 0.337. The zero-order valence-electron chi connectivity index (χ0n) is 17.9. The van der Waals surface area contributed by atoms with Crippen molar-refractivity contribution in [1.29, 1.82) is 0 Å². The largest absolute Gasteiger partial charge is 0.355 e. The number of fused-ring (bicyclic) bond motifs is 1. The lowest BCUT2D eigenvalue weighted by Crippen LogP contribution is -2.19. The molecule has 32 heavy (non-hydrogen) atoms. The topological polar surface area (TPSA) is 111 Å². The number of anilines is 4. The number of H-pyrrole nitrogens is 1. The summed E-state index contributed by atoms with van der Waals surface area (Å²) in [5.74, 6) is 1.43. The predicted molar refractivity (Wildman–Crippen MR) is 127 cm³/mol. The van der Waals surface area contributed by atoms with Gasteiger partial charge in [0.2, 0.25) is 5.95 Å². The lowest BCUT2D eigenvalue weighted by molar-refractivity contribution is 0.0964. The van der Waals surface area contributed by atoms with Crippen LogP contribution in [-0.4, -0.2) is 51.9 Å². The van der Waals surface area contributed by atoms with E-state index in [1.807, 2.05) is 38.4 Å². The molecule has 10 heteroatoms. The van der Waals surface area contributed by atoms with Gasteiger partial charge in [-0.2, -0.15) is 4.98 Å². The van der Waals surface area contributed by atoms with Crippen molar-refractivity contribution >= 4 is 51.7 Å². The van der Waals surface area contributed by atoms with Gasteiger partial charge in [0.05, 0.1) is 35.0 Å².